The van der Waals surface area contributed by atoms with Crippen LogP contribution in [0.2, 0.25) is 5.02 Å². The molecule has 0 bridgehead atoms. The van der Waals surface area contributed by atoms with E-state index in [-0.39, 0.29) is 11.2 Å². The number of halogens is 1. The number of ether oxygens (including phenoxy) is 1. The number of carbonyl (C=O) groups is 1. The Morgan fingerprint density at radius 2 is 2.10 bits per heavy atom. The second kappa shape index (κ2) is 5.73. The molecule has 1 aromatic heterocycles. The molecule has 2 N–H and O–H groups in total. The van der Waals surface area contributed by atoms with Crippen LogP contribution in [0.3, 0.4) is 0 Å². The molecule has 2 aromatic rings. The van der Waals surface area contributed by atoms with E-state index in [1.54, 1.807) is 18.2 Å². The molecular weight excluding hydrogens is 292 g/mol. The van der Waals surface area contributed by atoms with Crippen LogP contribution < -0.4 is 10.1 Å². The van der Waals surface area contributed by atoms with Gasteiger partial charge >= 0.3 is 0 Å². The average Bonchev–Trinajstić information content (AvgIpc) is 2.88. The van der Waals surface area contributed by atoms with E-state index in [0.29, 0.717) is 22.3 Å². The normalized spacial score (nSPS) is 11.3. The Bertz CT molecular complexity index is 661. The Labute approximate surface area is 127 Å². The van der Waals surface area contributed by atoms with Crippen molar-refractivity contribution in [1.82, 2.24) is 15.2 Å². The Kier molecular flexibility index (Phi) is 4.18. The number of benzene rings is 1. The highest BCUT2D eigenvalue weighted by atomic mass is 35.5. The standard InChI is InChI=1S/C14H17ClN4O2/c1-14(2,3)13-17-11(18-19-13)12(20)16-9-7-8(15)5-6-10(9)21-4/h5-7H,1-4H3,(H,16,20)(H,17,18,19). The smallest absolute Gasteiger partial charge is 0.295 e. The molecule has 7 heteroatoms. The van der Waals surface area contributed by atoms with Gasteiger partial charge in [-0.05, 0) is 18.2 Å². The molecule has 0 saturated carbocycles. The molecule has 0 saturated heterocycles. The average molecular weight is 309 g/mol. The van der Waals surface area contributed by atoms with Crippen molar-refractivity contribution < 1.29 is 9.53 Å². The largest absolute Gasteiger partial charge is 0.495 e. The number of nitrogens with zero attached hydrogens (tertiary/aromatic N) is 2. The molecule has 1 amide bonds. The minimum atomic E-state index is -0.428. The van der Waals surface area contributed by atoms with Gasteiger partial charge in [-0.2, -0.15) is 0 Å². The molecule has 0 radical (unpaired) electrons. The summed E-state index contributed by atoms with van der Waals surface area (Å²) < 4.78 is 5.17. The predicted molar refractivity (Wildman–Crippen MR) is 81.0 cm³/mol. The van der Waals surface area contributed by atoms with Crippen molar-refractivity contribution in [3.8, 4) is 5.75 Å². The van der Waals surface area contributed by atoms with Crippen molar-refractivity contribution in [2.75, 3.05) is 12.4 Å². The fourth-order valence-electron chi connectivity index (χ4n) is 1.65. The lowest BCUT2D eigenvalue weighted by atomic mass is 9.96. The number of hydrogen-bond donors (Lipinski definition) is 2. The number of anilines is 1. The third kappa shape index (κ3) is 3.52. The minimum absolute atomic E-state index is 0.0713. The summed E-state index contributed by atoms with van der Waals surface area (Å²) in [6, 6.07) is 4.96. The molecule has 0 aliphatic rings. The lowest BCUT2D eigenvalue weighted by Crippen LogP contribution is -2.16. The highest BCUT2D eigenvalue weighted by Gasteiger charge is 2.21. The summed E-state index contributed by atoms with van der Waals surface area (Å²) in [6.07, 6.45) is 0. The van der Waals surface area contributed by atoms with E-state index in [2.05, 4.69) is 20.5 Å². The van der Waals surface area contributed by atoms with Gasteiger partial charge in [-0.25, -0.2) is 4.98 Å². The zero-order valence-corrected chi connectivity index (χ0v) is 13.1. The van der Waals surface area contributed by atoms with Gasteiger partial charge in [-0.15, -0.1) is 5.10 Å². The molecule has 0 fully saturated rings. The first-order valence-corrected chi connectivity index (χ1v) is 6.77. The molecule has 112 valence electrons. The van der Waals surface area contributed by atoms with Gasteiger partial charge in [0.2, 0.25) is 5.82 Å². The lowest BCUT2D eigenvalue weighted by Gasteiger charge is -2.12. The first kappa shape index (κ1) is 15.3. The number of nitrogens with one attached hydrogen (secondary N) is 2. The maximum atomic E-state index is 12.2. The number of aromatic nitrogens is 3. The topological polar surface area (TPSA) is 79.9 Å². The Morgan fingerprint density at radius 1 is 1.38 bits per heavy atom. The molecule has 0 aliphatic carbocycles. The minimum Gasteiger partial charge on any atom is -0.495 e. The molecule has 0 spiro atoms. The van der Waals surface area contributed by atoms with Crippen LogP contribution in [0.1, 0.15) is 37.2 Å². The van der Waals surface area contributed by atoms with Crippen LogP contribution in [0.4, 0.5) is 5.69 Å². The molecule has 0 atom stereocenters. The third-order valence-corrected chi connectivity index (χ3v) is 3.04. The van der Waals surface area contributed by atoms with Gasteiger partial charge in [0.15, 0.2) is 0 Å². The number of amides is 1. The molecule has 0 unspecified atom stereocenters. The molecule has 6 nitrogen and oxygen atoms in total. The Balaban J connectivity index is 2.22. The summed E-state index contributed by atoms with van der Waals surface area (Å²) in [6.45, 7) is 5.94. The van der Waals surface area contributed by atoms with E-state index >= 15 is 0 Å². The number of carbonyl (C=O) groups excluding carboxylic acids is 1. The summed E-state index contributed by atoms with van der Waals surface area (Å²) in [5.41, 5.74) is 0.260. The van der Waals surface area contributed by atoms with Crippen LogP contribution in [-0.2, 0) is 5.41 Å². The van der Waals surface area contributed by atoms with Crippen LogP contribution in [0, 0.1) is 0 Å². The van der Waals surface area contributed by atoms with Crippen LogP contribution in [0.5, 0.6) is 5.75 Å². The lowest BCUT2D eigenvalue weighted by molar-refractivity contribution is 0.101. The Morgan fingerprint density at radius 3 is 2.67 bits per heavy atom. The molecule has 1 aromatic carbocycles. The van der Waals surface area contributed by atoms with E-state index in [0.717, 1.165) is 0 Å². The van der Waals surface area contributed by atoms with E-state index in [1.807, 2.05) is 20.8 Å². The van der Waals surface area contributed by atoms with Crippen LogP contribution in [0.15, 0.2) is 18.2 Å². The van der Waals surface area contributed by atoms with Gasteiger partial charge in [-0.1, -0.05) is 32.4 Å². The van der Waals surface area contributed by atoms with E-state index < -0.39 is 5.91 Å². The van der Waals surface area contributed by atoms with Crippen molar-refractivity contribution >= 4 is 23.2 Å². The van der Waals surface area contributed by atoms with Gasteiger partial charge in [0.1, 0.15) is 11.6 Å². The number of hydrogen-bond acceptors (Lipinski definition) is 4. The monoisotopic (exact) mass is 308 g/mol. The molecule has 21 heavy (non-hydrogen) atoms. The summed E-state index contributed by atoms with van der Waals surface area (Å²) in [7, 11) is 1.52. The van der Waals surface area contributed by atoms with Gasteiger partial charge in [0.05, 0.1) is 12.8 Å². The maximum absolute atomic E-state index is 12.2. The van der Waals surface area contributed by atoms with E-state index in [1.165, 1.54) is 7.11 Å². The second-order valence-electron chi connectivity index (χ2n) is 5.56. The zero-order valence-electron chi connectivity index (χ0n) is 12.3. The van der Waals surface area contributed by atoms with Crippen molar-refractivity contribution in [3.63, 3.8) is 0 Å². The number of H-pyrrole nitrogens is 1. The maximum Gasteiger partial charge on any atom is 0.295 e. The number of methoxy groups -OCH3 is 1. The molecule has 0 aliphatic heterocycles. The highest BCUT2D eigenvalue weighted by molar-refractivity contribution is 6.31. The quantitative estimate of drug-likeness (QED) is 0.913. The summed E-state index contributed by atoms with van der Waals surface area (Å²) >= 11 is 5.92. The van der Waals surface area contributed by atoms with Crippen molar-refractivity contribution in [3.05, 3.63) is 34.9 Å². The SMILES string of the molecule is COc1ccc(Cl)cc1NC(=O)c1n[nH]c(C(C)(C)C)n1. The summed E-state index contributed by atoms with van der Waals surface area (Å²) in [5.74, 6) is 0.800. The van der Waals surface area contributed by atoms with E-state index in [4.69, 9.17) is 16.3 Å². The fraction of sp³-hybridized carbons (Fsp3) is 0.357. The van der Waals surface area contributed by atoms with E-state index in [9.17, 15) is 4.79 Å². The fourth-order valence-corrected chi connectivity index (χ4v) is 1.83. The summed E-state index contributed by atoms with van der Waals surface area (Å²) in [5, 5.41) is 9.89. The molecule has 1 heterocycles. The van der Waals surface area contributed by atoms with Crippen molar-refractivity contribution in [1.29, 1.82) is 0 Å². The number of aromatic amines is 1. The zero-order chi connectivity index (χ0) is 15.6. The highest BCUT2D eigenvalue weighted by Crippen LogP contribution is 2.28. The van der Waals surface area contributed by atoms with Gasteiger partial charge < -0.3 is 10.1 Å². The first-order valence-electron chi connectivity index (χ1n) is 6.39. The van der Waals surface area contributed by atoms with Gasteiger partial charge in [-0.3, -0.25) is 9.89 Å². The number of rotatable bonds is 3. The van der Waals surface area contributed by atoms with Gasteiger partial charge in [0, 0.05) is 10.4 Å². The van der Waals surface area contributed by atoms with Crippen molar-refractivity contribution in [2.24, 2.45) is 0 Å². The second-order valence-corrected chi connectivity index (χ2v) is 5.99. The van der Waals surface area contributed by atoms with Crippen molar-refractivity contribution in [2.45, 2.75) is 26.2 Å². The first-order chi connectivity index (χ1) is 9.81. The Hall–Kier alpha value is -2.08. The predicted octanol–water partition coefficient (Wildman–Crippen LogP) is 3.02. The van der Waals surface area contributed by atoms with Gasteiger partial charge in [0.25, 0.3) is 5.91 Å². The van der Waals surface area contributed by atoms with Crippen LogP contribution in [-0.4, -0.2) is 28.2 Å². The third-order valence-electron chi connectivity index (χ3n) is 2.81. The van der Waals surface area contributed by atoms with Crippen LogP contribution in [0.25, 0.3) is 0 Å². The molecule has 2 rings (SSSR count). The summed E-state index contributed by atoms with van der Waals surface area (Å²) in [4.78, 5) is 16.4. The van der Waals surface area contributed by atoms with Crippen LogP contribution >= 0.6 is 11.6 Å². The molecular formula is C14H17ClN4O2.